The van der Waals surface area contributed by atoms with Crippen LogP contribution in [0.5, 0.6) is 0 Å². The molecular weight excluding hydrogens is 331 g/mol. The molecular formula is C16H21FN4O2S. The third-order valence-corrected chi connectivity index (χ3v) is 6.44. The number of sulfonamides is 1. The van der Waals surface area contributed by atoms with Crippen molar-refractivity contribution in [3.8, 4) is 0 Å². The largest absolute Gasteiger partial charge is 0.314 e. The highest BCUT2D eigenvalue weighted by molar-refractivity contribution is 7.89. The third kappa shape index (κ3) is 3.08. The highest BCUT2D eigenvalue weighted by Gasteiger charge is 2.30. The molecule has 6 nitrogen and oxygen atoms in total. The zero-order valence-corrected chi connectivity index (χ0v) is 14.6. The van der Waals surface area contributed by atoms with Crippen LogP contribution in [0.2, 0.25) is 0 Å². The van der Waals surface area contributed by atoms with Crippen LogP contribution >= 0.6 is 0 Å². The molecule has 8 heteroatoms. The van der Waals surface area contributed by atoms with Crippen molar-refractivity contribution in [3.05, 3.63) is 41.7 Å². The Morgan fingerprint density at radius 2 is 2.00 bits per heavy atom. The Balaban J connectivity index is 1.75. The summed E-state index contributed by atoms with van der Waals surface area (Å²) in [5.41, 5.74) is 0.336. The first-order valence-electron chi connectivity index (χ1n) is 8.08. The molecule has 0 N–H and O–H groups in total. The normalized spacial score (nSPS) is 17.3. The molecule has 24 heavy (non-hydrogen) atoms. The lowest BCUT2D eigenvalue weighted by molar-refractivity contribution is 0.270. The topological polar surface area (TPSA) is 68.1 Å². The van der Waals surface area contributed by atoms with E-state index in [2.05, 4.69) is 10.2 Å². The first-order chi connectivity index (χ1) is 11.4. The Hall–Kier alpha value is -1.80. The molecule has 0 aliphatic carbocycles. The minimum atomic E-state index is -3.58. The summed E-state index contributed by atoms with van der Waals surface area (Å²) in [6.07, 6.45) is 3.94. The molecule has 0 bridgehead atoms. The molecule has 130 valence electrons. The third-order valence-electron chi connectivity index (χ3n) is 4.55. The molecule has 0 radical (unpaired) electrons. The Kier molecular flexibility index (Phi) is 4.69. The number of piperidine rings is 1. The zero-order chi connectivity index (χ0) is 17.3. The van der Waals surface area contributed by atoms with Crippen LogP contribution in [0.15, 0.2) is 29.4 Å². The van der Waals surface area contributed by atoms with E-state index in [1.165, 1.54) is 22.5 Å². The van der Waals surface area contributed by atoms with Crippen molar-refractivity contribution >= 4 is 10.0 Å². The molecule has 1 aliphatic heterocycles. The van der Waals surface area contributed by atoms with E-state index in [1.54, 1.807) is 13.3 Å². The Morgan fingerprint density at radius 3 is 2.62 bits per heavy atom. The van der Waals surface area contributed by atoms with Gasteiger partial charge in [0.05, 0.1) is 4.90 Å². The van der Waals surface area contributed by atoms with Crippen molar-refractivity contribution < 1.29 is 12.8 Å². The van der Waals surface area contributed by atoms with E-state index < -0.39 is 15.8 Å². The maximum Gasteiger partial charge on any atom is 0.243 e. The molecule has 0 saturated carbocycles. The van der Waals surface area contributed by atoms with Gasteiger partial charge >= 0.3 is 0 Å². The molecule has 2 heterocycles. The van der Waals surface area contributed by atoms with Gasteiger partial charge in [-0.3, -0.25) is 0 Å². The highest BCUT2D eigenvalue weighted by Crippen LogP contribution is 2.28. The molecule has 1 aliphatic rings. The molecule has 2 aromatic rings. The predicted octanol–water partition coefficient (Wildman–Crippen LogP) is 2.31. The van der Waals surface area contributed by atoms with E-state index in [-0.39, 0.29) is 10.9 Å². The molecule has 0 spiro atoms. The molecule has 0 atom stereocenters. The van der Waals surface area contributed by atoms with E-state index in [0.717, 1.165) is 12.2 Å². The van der Waals surface area contributed by atoms with Crippen LogP contribution in [0.3, 0.4) is 0 Å². The number of nitrogens with zero attached hydrogens (tertiary/aromatic N) is 4. The Bertz CT molecular complexity index is 826. The van der Waals surface area contributed by atoms with E-state index in [0.29, 0.717) is 31.5 Å². The molecule has 1 fully saturated rings. The average Bonchev–Trinajstić information content (AvgIpc) is 3.06. The minimum Gasteiger partial charge on any atom is -0.314 e. The van der Waals surface area contributed by atoms with Crippen LogP contribution < -0.4 is 0 Å². The number of halogens is 1. The van der Waals surface area contributed by atoms with Gasteiger partial charge in [0.15, 0.2) is 0 Å². The second-order valence-corrected chi connectivity index (χ2v) is 7.99. The van der Waals surface area contributed by atoms with E-state index in [1.807, 2.05) is 11.5 Å². The lowest BCUT2D eigenvalue weighted by atomic mass is 10.1. The summed E-state index contributed by atoms with van der Waals surface area (Å²) in [6.45, 7) is 4.46. The van der Waals surface area contributed by atoms with Crippen molar-refractivity contribution in [2.75, 3.05) is 13.1 Å². The van der Waals surface area contributed by atoms with Crippen molar-refractivity contribution in [3.63, 3.8) is 0 Å². The van der Waals surface area contributed by atoms with Crippen molar-refractivity contribution in [1.29, 1.82) is 0 Å². The number of aromatic nitrogens is 3. The van der Waals surface area contributed by atoms with Crippen LogP contribution in [0.1, 0.15) is 37.2 Å². The second-order valence-electron chi connectivity index (χ2n) is 6.05. The van der Waals surface area contributed by atoms with Gasteiger partial charge in [-0.05, 0) is 43.5 Å². The van der Waals surface area contributed by atoms with Gasteiger partial charge in [-0.2, -0.15) is 4.31 Å². The molecule has 1 saturated heterocycles. The monoisotopic (exact) mass is 352 g/mol. The fourth-order valence-corrected chi connectivity index (χ4v) is 4.67. The summed E-state index contributed by atoms with van der Waals surface area (Å²) in [4.78, 5) is 0.151. The van der Waals surface area contributed by atoms with Crippen LogP contribution in [0.4, 0.5) is 4.39 Å². The van der Waals surface area contributed by atoms with E-state index in [4.69, 9.17) is 0 Å². The molecule has 1 aromatic heterocycles. The summed E-state index contributed by atoms with van der Waals surface area (Å²) in [5, 5.41) is 8.04. The SMILES string of the molecule is CCc1nncn1C1CCN(S(=O)(=O)c2ccc(F)c(C)c2)CC1. The lowest BCUT2D eigenvalue weighted by Gasteiger charge is -2.32. The minimum absolute atomic E-state index is 0.151. The summed E-state index contributed by atoms with van der Waals surface area (Å²) < 4.78 is 42.4. The van der Waals surface area contributed by atoms with Gasteiger partial charge in [0, 0.05) is 25.6 Å². The van der Waals surface area contributed by atoms with Crippen LogP contribution in [0, 0.1) is 12.7 Å². The lowest BCUT2D eigenvalue weighted by Crippen LogP contribution is -2.39. The number of benzene rings is 1. The standard InChI is InChI=1S/C16H21FN4O2S/c1-3-16-19-18-11-21(16)13-6-8-20(9-7-13)24(22,23)14-4-5-15(17)12(2)10-14/h4-5,10-11,13H,3,6-9H2,1-2H3. The Labute approximate surface area is 141 Å². The van der Waals surface area contributed by atoms with Crippen molar-refractivity contribution in [1.82, 2.24) is 19.1 Å². The second kappa shape index (κ2) is 6.60. The maximum atomic E-state index is 13.4. The predicted molar refractivity (Wildman–Crippen MR) is 87.6 cm³/mol. The quantitative estimate of drug-likeness (QED) is 0.847. The van der Waals surface area contributed by atoms with Crippen LogP contribution in [-0.4, -0.2) is 40.6 Å². The summed E-state index contributed by atoms with van der Waals surface area (Å²) >= 11 is 0. The van der Waals surface area contributed by atoms with Gasteiger partial charge in [-0.1, -0.05) is 6.92 Å². The first kappa shape index (κ1) is 17.0. The molecule has 3 rings (SSSR count). The molecule has 1 aromatic carbocycles. The maximum absolute atomic E-state index is 13.4. The molecule has 0 amide bonds. The van der Waals surface area contributed by atoms with Gasteiger partial charge in [0.25, 0.3) is 0 Å². The summed E-state index contributed by atoms with van der Waals surface area (Å²) in [5.74, 6) is 0.526. The van der Waals surface area contributed by atoms with E-state index in [9.17, 15) is 12.8 Å². The van der Waals surface area contributed by atoms with Gasteiger partial charge in [0.2, 0.25) is 10.0 Å². The Morgan fingerprint density at radius 1 is 1.29 bits per heavy atom. The molecule has 0 unspecified atom stereocenters. The van der Waals surface area contributed by atoms with Crippen LogP contribution in [0.25, 0.3) is 0 Å². The van der Waals surface area contributed by atoms with Gasteiger partial charge in [-0.25, -0.2) is 12.8 Å². The van der Waals surface area contributed by atoms with Crippen molar-refractivity contribution in [2.24, 2.45) is 0 Å². The zero-order valence-electron chi connectivity index (χ0n) is 13.8. The van der Waals surface area contributed by atoms with Crippen molar-refractivity contribution in [2.45, 2.75) is 44.0 Å². The number of hydrogen-bond donors (Lipinski definition) is 0. The smallest absolute Gasteiger partial charge is 0.243 e. The fraction of sp³-hybridized carbons (Fsp3) is 0.500. The van der Waals surface area contributed by atoms with Gasteiger partial charge < -0.3 is 4.57 Å². The van der Waals surface area contributed by atoms with Crippen LogP contribution in [-0.2, 0) is 16.4 Å². The first-order valence-corrected chi connectivity index (χ1v) is 9.52. The average molecular weight is 352 g/mol. The number of aryl methyl sites for hydroxylation is 2. The van der Waals surface area contributed by atoms with E-state index >= 15 is 0 Å². The highest BCUT2D eigenvalue weighted by atomic mass is 32.2. The summed E-state index contributed by atoms with van der Waals surface area (Å²) in [6, 6.07) is 4.15. The van der Waals surface area contributed by atoms with Gasteiger partial charge in [-0.15, -0.1) is 10.2 Å². The van der Waals surface area contributed by atoms with Gasteiger partial charge in [0.1, 0.15) is 18.0 Å². The fourth-order valence-electron chi connectivity index (χ4n) is 3.11. The summed E-state index contributed by atoms with van der Waals surface area (Å²) in [7, 11) is -3.58. The number of hydrogen-bond acceptors (Lipinski definition) is 4. The number of rotatable bonds is 4.